The van der Waals surface area contributed by atoms with Gasteiger partial charge in [0, 0.05) is 13.1 Å². The summed E-state index contributed by atoms with van der Waals surface area (Å²) in [4.78, 5) is 25.4. The maximum Gasteiger partial charge on any atom is 0.327 e. The molecule has 0 radical (unpaired) electrons. The number of rotatable bonds is 3. The summed E-state index contributed by atoms with van der Waals surface area (Å²) in [5.74, 6) is -0.929. The van der Waals surface area contributed by atoms with Gasteiger partial charge < -0.3 is 15.3 Å². The normalized spacial score (nSPS) is 21.1. The monoisotopic (exact) mass is 310 g/mol. The van der Waals surface area contributed by atoms with E-state index in [0.29, 0.717) is 13.1 Å². The summed E-state index contributed by atoms with van der Waals surface area (Å²) in [6, 6.07) is -1.06. The molecule has 21 heavy (non-hydrogen) atoms. The van der Waals surface area contributed by atoms with Gasteiger partial charge in [0.25, 0.3) is 0 Å². The van der Waals surface area contributed by atoms with Gasteiger partial charge in [0.15, 0.2) is 0 Å². The van der Waals surface area contributed by atoms with Crippen LogP contribution in [0.2, 0.25) is 0 Å². The molecule has 1 aliphatic heterocycles. The van der Waals surface area contributed by atoms with Crippen molar-refractivity contribution in [3.63, 3.8) is 0 Å². The molecular weight excluding hydrogens is 288 g/mol. The molecule has 0 aromatic carbocycles. The molecule has 5 nitrogen and oxygen atoms in total. The van der Waals surface area contributed by atoms with Gasteiger partial charge in [-0.2, -0.15) is 11.3 Å². The van der Waals surface area contributed by atoms with E-state index in [1.165, 1.54) is 4.90 Å². The van der Waals surface area contributed by atoms with Crippen LogP contribution in [-0.2, 0) is 11.3 Å². The van der Waals surface area contributed by atoms with Crippen molar-refractivity contribution in [2.75, 3.05) is 6.54 Å². The van der Waals surface area contributed by atoms with Crippen LogP contribution in [0, 0.1) is 12.3 Å². The summed E-state index contributed by atoms with van der Waals surface area (Å²) in [5, 5.41) is 16.4. The number of nitrogens with zero attached hydrogens (tertiary/aromatic N) is 1. The molecule has 6 heteroatoms. The number of aryl methyl sites for hydroxylation is 1. The average molecular weight is 310 g/mol. The molecule has 1 fully saturated rings. The molecule has 1 aromatic heterocycles. The van der Waals surface area contributed by atoms with Gasteiger partial charge in [0.05, 0.1) is 0 Å². The Hall–Kier alpha value is -1.56. The molecule has 2 heterocycles. The fourth-order valence-corrected chi connectivity index (χ4v) is 3.78. The number of hydrogen-bond acceptors (Lipinski definition) is 3. The van der Waals surface area contributed by atoms with Crippen LogP contribution in [0.5, 0.6) is 0 Å². The second-order valence-corrected chi connectivity index (χ2v) is 7.01. The third-order valence-corrected chi connectivity index (χ3v) is 5.07. The minimum atomic E-state index is -0.929. The van der Waals surface area contributed by atoms with Gasteiger partial charge in [0.1, 0.15) is 6.04 Å². The minimum Gasteiger partial charge on any atom is -0.480 e. The van der Waals surface area contributed by atoms with Gasteiger partial charge in [-0.05, 0) is 47.1 Å². The molecule has 2 amide bonds. The quantitative estimate of drug-likeness (QED) is 0.902. The van der Waals surface area contributed by atoms with E-state index in [2.05, 4.69) is 5.32 Å². The van der Waals surface area contributed by atoms with E-state index in [1.807, 2.05) is 31.5 Å². The predicted octanol–water partition coefficient (Wildman–Crippen LogP) is 2.84. The van der Waals surface area contributed by atoms with Gasteiger partial charge in [-0.3, -0.25) is 0 Å². The summed E-state index contributed by atoms with van der Waals surface area (Å²) in [5.41, 5.74) is 1.82. The Bertz CT molecular complexity index is 539. The highest BCUT2D eigenvalue weighted by atomic mass is 32.1. The summed E-state index contributed by atoms with van der Waals surface area (Å²) in [6.45, 7) is 6.76. The fraction of sp³-hybridized carbons (Fsp3) is 0.600. The largest absolute Gasteiger partial charge is 0.480 e. The first-order valence-corrected chi connectivity index (χ1v) is 8.06. The first-order chi connectivity index (χ1) is 9.83. The Labute approximate surface area is 129 Å². The highest BCUT2D eigenvalue weighted by Crippen LogP contribution is 2.35. The first kappa shape index (κ1) is 15.8. The Morgan fingerprint density at radius 3 is 2.76 bits per heavy atom. The molecule has 0 bridgehead atoms. The Kier molecular flexibility index (Phi) is 4.56. The van der Waals surface area contributed by atoms with Crippen molar-refractivity contribution in [1.82, 2.24) is 10.2 Å². The fourth-order valence-electron chi connectivity index (χ4n) is 2.92. The van der Waals surface area contributed by atoms with Gasteiger partial charge >= 0.3 is 12.0 Å². The predicted molar refractivity (Wildman–Crippen MR) is 82.4 cm³/mol. The number of carboxylic acid groups (broad SMARTS) is 1. The van der Waals surface area contributed by atoms with Crippen LogP contribution in [0.1, 0.15) is 37.8 Å². The van der Waals surface area contributed by atoms with E-state index in [-0.39, 0.29) is 6.03 Å². The minimum absolute atomic E-state index is 0.291. The number of nitrogens with one attached hydrogen (secondary N) is 1. The van der Waals surface area contributed by atoms with Crippen molar-refractivity contribution >= 4 is 23.3 Å². The van der Waals surface area contributed by atoms with Crippen molar-refractivity contribution in [3.05, 3.63) is 21.9 Å². The van der Waals surface area contributed by atoms with Crippen molar-refractivity contribution in [1.29, 1.82) is 0 Å². The number of hydrogen-bond donors (Lipinski definition) is 2. The maximum atomic E-state index is 12.4. The average Bonchev–Trinajstić information content (AvgIpc) is 2.79. The summed E-state index contributed by atoms with van der Waals surface area (Å²) >= 11 is 1.60. The standard InChI is InChI=1S/C15H22N2O3S/c1-10-8-21-9-11(10)7-16-14(20)17-6-4-5-15(2,3)12(17)13(18)19/h8-9,12H,4-7H2,1-3H3,(H,16,20)(H,18,19). The highest BCUT2D eigenvalue weighted by Gasteiger charge is 2.44. The zero-order valence-corrected chi connectivity index (χ0v) is 13.5. The maximum absolute atomic E-state index is 12.4. The number of thiophene rings is 1. The smallest absolute Gasteiger partial charge is 0.327 e. The molecule has 1 saturated heterocycles. The third-order valence-electron chi connectivity index (χ3n) is 4.16. The molecule has 1 aliphatic rings. The Balaban J connectivity index is 2.06. The van der Waals surface area contributed by atoms with Gasteiger partial charge in [-0.25, -0.2) is 9.59 Å². The summed E-state index contributed by atoms with van der Waals surface area (Å²) in [6.07, 6.45) is 1.65. The van der Waals surface area contributed by atoms with E-state index in [9.17, 15) is 14.7 Å². The van der Waals surface area contributed by atoms with Crippen LogP contribution in [0.4, 0.5) is 4.79 Å². The topological polar surface area (TPSA) is 69.6 Å². The van der Waals surface area contributed by atoms with E-state index in [4.69, 9.17) is 0 Å². The van der Waals surface area contributed by atoms with E-state index < -0.39 is 17.4 Å². The van der Waals surface area contributed by atoms with Gasteiger partial charge in [0.2, 0.25) is 0 Å². The Morgan fingerprint density at radius 2 is 2.19 bits per heavy atom. The number of carbonyl (C=O) groups is 2. The number of amides is 2. The van der Waals surface area contributed by atoms with E-state index >= 15 is 0 Å². The third kappa shape index (κ3) is 3.37. The van der Waals surface area contributed by atoms with Crippen LogP contribution in [-0.4, -0.2) is 34.6 Å². The molecule has 0 spiro atoms. The molecule has 1 aromatic rings. The van der Waals surface area contributed by atoms with Crippen LogP contribution in [0.15, 0.2) is 10.8 Å². The van der Waals surface area contributed by atoms with E-state index in [1.54, 1.807) is 11.3 Å². The van der Waals surface area contributed by atoms with Crippen LogP contribution < -0.4 is 5.32 Å². The van der Waals surface area contributed by atoms with Crippen molar-refractivity contribution in [2.24, 2.45) is 5.41 Å². The van der Waals surface area contributed by atoms with Crippen molar-refractivity contribution in [3.8, 4) is 0 Å². The lowest BCUT2D eigenvalue weighted by atomic mass is 9.76. The second kappa shape index (κ2) is 6.05. The lowest BCUT2D eigenvalue weighted by Crippen LogP contribution is -2.58. The lowest BCUT2D eigenvalue weighted by molar-refractivity contribution is -0.148. The summed E-state index contributed by atoms with van der Waals surface area (Å²) < 4.78 is 0. The number of urea groups is 1. The number of carbonyl (C=O) groups excluding carboxylic acids is 1. The van der Waals surface area contributed by atoms with Crippen LogP contribution in [0.25, 0.3) is 0 Å². The molecular formula is C15H22N2O3S. The lowest BCUT2D eigenvalue weighted by Gasteiger charge is -2.43. The van der Waals surface area contributed by atoms with Crippen LogP contribution >= 0.6 is 11.3 Å². The molecule has 0 aliphatic carbocycles. The number of likely N-dealkylation sites (tertiary alicyclic amines) is 1. The zero-order valence-electron chi connectivity index (χ0n) is 12.7. The molecule has 1 atom stereocenters. The van der Waals surface area contributed by atoms with Crippen LogP contribution in [0.3, 0.4) is 0 Å². The summed E-state index contributed by atoms with van der Waals surface area (Å²) in [7, 11) is 0. The molecule has 2 rings (SSSR count). The van der Waals surface area contributed by atoms with Crippen molar-refractivity contribution < 1.29 is 14.7 Å². The first-order valence-electron chi connectivity index (χ1n) is 7.12. The number of aliphatic carboxylic acids is 1. The molecule has 116 valence electrons. The SMILES string of the molecule is Cc1cscc1CNC(=O)N1CCCC(C)(C)C1C(=O)O. The number of piperidine rings is 1. The highest BCUT2D eigenvalue weighted by molar-refractivity contribution is 7.08. The second-order valence-electron chi connectivity index (χ2n) is 6.27. The van der Waals surface area contributed by atoms with Crippen molar-refractivity contribution in [2.45, 2.75) is 46.2 Å². The molecule has 1 unspecified atom stereocenters. The van der Waals surface area contributed by atoms with Gasteiger partial charge in [-0.1, -0.05) is 13.8 Å². The Morgan fingerprint density at radius 1 is 1.48 bits per heavy atom. The van der Waals surface area contributed by atoms with E-state index in [0.717, 1.165) is 24.0 Å². The molecule has 0 saturated carbocycles. The zero-order chi connectivity index (χ0) is 15.6. The van der Waals surface area contributed by atoms with Gasteiger partial charge in [-0.15, -0.1) is 0 Å². The molecule has 2 N–H and O–H groups in total. The number of carboxylic acids is 1.